The monoisotopic (exact) mass is 503 g/mol. The first-order chi connectivity index (χ1) is 17.7. The number of pyridine rings is 2. The minimum atomic E-state index is -0.643. The molecular weight excluding hydrogens is 474 g/mol. The molecule has 1 aliphatic heterocycles. The molecule has 0 spiro atoms. The van der Waals surface area contributed by atoms with Gasteiger partial charge < -0.3 is 19.7 Å². The smallest absolute Gasteiger partial charge is 0.407 e. The zero-order valence-electron chi connectivity index (χ0n) is 21.2. The number of nitrogens with zero attached hydrogens (tertiary/aromatic N) is 8. The maximum atomic E-state index is 12.4. The van der Waals surface area contributed by atoms with Gasteiger partial charge in [-0.3, -0.25) is 0 Å². The van der Waals surface area contributed by atoms with Crippen LogP contribution in [0.15, 0.2) is 41.9 Å². The number of ether oxygens (including phenoxy) is 2. The Hall–Kier alpha value is -4.49. The van der Waals surface area contributed by atoms with Gasteiger partial charge >= 0.3 is 6.09 Å². The standard InChI is InChI=1S/C25H29N9O3/c1-5-36-18-10-19(23-17(11-26)13-29-34(23)14-18)16-6-7-22(28-12-16)33-9-8-20(31-32-27)21(15-33)30-24(35)37-25(2,3)4/h6-7,10,12-14,20-21H,5,8-9,15H2,1-4H3,(H,30,35)/t20-,21+/m0/s1. The lowest BCUT2D eigenvalue weighted by atomic mass is 10.00. The molecule has 1 N–H and O–H groups in total. The summed E-state index contributed by atoms with van der Waals surface area (Å²) >= 11 is 0. The van der Waals surface area contributed by atoms with Crippen LogP contribution in [-0.4, -0.2) is 58.1 Å². The van der Waals surface area contributed by atoms with Crippen LogP contribution < -0.4 is 15.0 Å². The summed E-state index contributed by atoms with van der Waals surface area (Å²) in [6.45, 7) is 8.78. The third kappa shape index (κ3) is 5.85. The quantitative estimate of drug-likeness (QED) is 0.296. The Labute approximate surface area is 214 Å². The second-order valence-corrected chi connectivity index (χ2v) is 9.65. The van der Waals surface area contributed by atoms with E-state index in [1.807, 2.05) is 30.0 Å². The van der Waals surface area contributed by atoms with E-state index in [1.54, 1.807) is 37.7 Å². The van der Waals surface area contributed by atoms with Crippen LogP contribution in [0.2, 0.25) is 0 Å². The van der Waals surface area contributed by atoms with Crippen LogP contribution in [0.3, 0.4) is 0 Å². The van der Waals surface area contributed by atoms with Crippen LogP contribution in [0.1, 0.15) is 39.7 Å². The van der Waals surface area contributed by atoms with E-state index in [0.717, 1.165) is 11.1 Å². The van der Waals surface area contributed by atoms with E-state index in [9.17, 15) is 10.1 Å². The molecule has 0 bridgehead atoms. The van der Waals surface area contributed by atoms with Crippen LogP contribution in [0.5, 0.6) is 5.75 Å². The number of nitriles is 1. The number of carbonyl (C=O) groups is 1. The van der Waals surface area contributed by atoms with Gasteiger partial charge in [0.2, 0.25) is 0 Å². The van der Waals surface area contributed by atoms with Crippen molar-refractivity contribution in [1.82, 2.24) is 19.9 Å². The Morgan fingerprint density at radius 3 is 2.84 bits per heavy atom. The van der Waals surface area contributed by atoms with E-state index in [1.165, 1.54) is 6.20 Å². The van der Waals surface area contributed by atoms with E-state index in [2.05, 4.69) is 31.5 Å². The van der Waals surface area contributed by atoms with Crippen molar-refractivity contribution in [2.45, 2.75) is 51.8 Å². The molecule has 0 aromatic carbocycles. The molecular formula is C25H29N9O3. The molecule has 4 rings (SSSR count). The van der Waals surface area contributed by atoms with Gasteiger partial charge in [-0.1, -0.05) is 5.11 Å². The fraction of sp³-hybridized carbons (Fsp3) is 0.440. The number of nitrogens with one attached hydrogen (secondary N) is 1. The molecule has 4 heterocycles. The first-order valence-electron chi connectivity index (χ1n) is 12.0. The van der Waals surface area contributed by atoms with Crippen molar-refractivity contribution >= 4 is 17.4 Å². The van der Waals surface area contributed by atoms with Gasteiger partial charge in [-0.05, 0) is 57.8 Å². The minimum Gasteiger partial charge on any atom is -0.492 e. The normalized spacial score (nSPS) is 17.5. The number of anilines is 1. The Kier molecular flexibility index (Phi) is 7.36. The van der Waals surface area contributed by atoms with E-state index >= 15 is 0 Å². The lowest BCUT2D eigenvalue weighted by Gasteiger charge is -2.37. The highest BCUT2D eigenvalue weighted by atomic mass is 16.6. The Morgan fingerprint density at radius 2 is 2.19 bits per heavy atom. The SMILES string of the molecule is CCOc1cc(-c2ccc(N3CC[C@H](N=[N+]=[N-])[C@H](NC(=O)OC(C)(C)C)C3)nc2)c2c(C#N)cnn2c1. The molecule has 1 fully saturated rings. The number of amides is 1. The van der Waals surface area contributed by atoms with E-state index in [0.29, 0.717) is 48.8 Å². The molecule has 0 radical (unpaired) electrons. The second-order valence-electron chi connectivity index (χ2n) is 9.65. The number of rotatable bonds is 6. The summed E-state index contributed by atoms with van der Waals surface area (Å²) in [6, 6.07) is 7.06. The zero-order valence-corrected chi connectivity index (χ0v) is 21.2. The Morgan fingerprint density at radius 1 is 1.38 bits per heavy atom. The van der Waals surface area contributed by atoms with Crippen molar-refractivity contribution in [2.75, 3.05) is 24.6 Å². The summed E-state index contributed by atoms with van der Waals surface area (Å²) in [7, 11) is 0. The molecule has 0 saturated carbocycles. The van der Waals surface area contributed by atoms with Gasteiger partial charge in [-0.2, -0.15) is 10.4 Å². The highest BCUT2D eigenvalue weighted by Gasteiger charge is 2.32. The predicted octanol–water partition coefficient (Wildman–Crippen LogP) is 4.45. The van der Waals surface area contributed by atoms with Crippen LogP contribution >= 0.6 is 0 Å². The van der Waals surface area contributed by atoms with Crippen molar-refractivity contribution in [3.05, 3.63) is 52.8 Å². The molecule has 1 aliphatic rings. The number of azide groups is 1. The van der Waals surface area contributed by atoms with Gasteiger partial charge in [0.15, 0.2) is 0 Å². The molecule has 1 saturated heterocycles. The number of carbonyl (C=O) groups excluding carboxylic acids is 1. The molecule has 192 valence electrons. The molecule has 12 nitrogen and oxygen atoms in total. The topological polar surface area (TPSA) is 154 Å². The maximum absolute atomic E-state index is 12.4. The van der Waals surface area contributed by atoms with Crippen LogP contribution in [0, 0.1) is 11.3 Å². The fourth-order valence-corrected chi connectivity index (χ4v) is 4.33. The second kappa shape index (κ2) is 10.6. The predicted molar refractivity (Wildman–Crippen MR) is 137 cm³/mol. The average molecular weight is 504 g/mol. The third-order valence-corrected chi connectivity index (χ3v) is 5.88. The van der Waals surface area contributed by atoms with Crippen LogP contribution in [0.4, 0.5) is 10.6 Å². The van der Waals surface area contributed by atoms with Crippen molar-refractivity contribution in [2.24, 2.45) is 5.11 Å². The summed E-state index contributed by atoms with van der Waals surface area (Å²) < 4.78 is 12.7. The summed E-state index contributed by atoms with van der Waals surface area (Å²) in [5.41, 5.74) is 11.1. The average Bonchev–Trinajstić information content (AvgIpc) is 3.27. The first-order valence-corrected chi connectivity index (χ1v) is 12.0. The number of piperidine rings is 1. The summed E-state index contributed by atoms with van der Waals surface area (Å²) in [5.74, 6) is 1.35. The summed E-state index contributed by atoms with van der Waals surface area (Å²) in [6.07, 6.45) is 5.00. The molecule has 12 heteroatoms. The molecule has 3 aromatic heterocycles. The first kappa shape index (κ1) is 25.6. The highest BCUT2D eigenvalue weighted by molar-refractivity contribution is 5.85. The summed E-state index contributed by atoms with van der Waals surface area (Å²) in [5, 5.41) is 20.6. The number of aromatic nitrogens is 3. The minimum absolute atomic E-state index is 0.395. The van der Waals surface area contributed by atoms with Crippen LogP contribution in [0.25, 0.3) is 27.1 Å². The lowest BCUT2D eigenvalue weighted by Crippen LogP contribution is -2.55. The molecule has 2 atom stereocenters. The molecule has 1 amide bonds. The summed E-state index contributed by atoms with van der Waals surface area (Å²) in [4.78, 5) is 22.0. The highest BCUT2D eigenvalue weighted by Crippen LogP contribution is 2.32. The van der Waals surface area contributed by atoms with Crippen molar-refractivity contribution in [3.63, 3.8) is 0 Å². The zero-order chi connectivity index (χ0) is 26.6. The van der Waals surface area contributed by atoms with Gasteiger partial charge in [-0.15, -0.1) is 0 Å². The van der Waals surface area contributed by atoms with Gasteiger partial charge in [0.1, 0.15) is 23.2 Å². The van der Waals surface area contributed by atoms with Gasteiger partial charge in [-0.25, -0.2) is 14.3 Å². The van der Waals surface area contributed by atoms with Gasteiger partial charge in [0.05, 0.1) is 42.2 Å². The molecule has 3 aromatic rings. The van der Waals surface area contributed by atoms with Crippen molar-refractivity contribution < 1.29 is 14.3 Å². The van der Waals surface area contributed by atoms with E-state index in [4.69, 9.17) is 15.0 Å². The van der Waals surface area contributed by atoms with Gasteiger partial charge in [0, 0.05) is 35.3 Å². The number of alkyl carbamates (subject to hydrolysis) is 1. The van der Waals surface area contributed by atoms with Crippen molar-refractivity contribution in [1.29, 1.82) is 5.26 Å². The third-order valence-electron chi connectivity index (χ3n) is 5.88. The molecule has 0 unspecified atom stereocenters. The Bertz CT molecular complexity index is 1370. The van der Waals surface area contributed by atoms with Crippen LogP contribution in [-0.2, 0) is 4.74 Å². The number of hydrogen-bond donors (Lipinski definition) is 1. The van der Waals surface area contributed by atoms with Gasteiger partial charge in [0.25, 0.3) is 0 Å². The maximum Gasteiger partial charge on any atom is 0.407 e. The molecule has 37 heavy (non-hydrogen) atoms. The number of hydrogen-bond acceptors (Lipinski definition) is 8. The largest absolute Gasteiger partial charge is 0.492 e. The number of fused-ring (bicyclic) bond motifs is 1. The fourth-order valence-electron chi connectivity index (χ4n) is 4.33. The molecule has 0 aliphatic carbocycles. The Balaban J connectivity index is 1.59. The van der Waals surface area contributed by atoms with E-state index < -0.39 is 23.8 Å². The lowest BCUT2D eigenvalue weighted by molar-refractivity contribution is 0.0494. The van der Waals surface area contributed by atoms with E-state index in [-0.39, 0.29) is 0 Å². The van der Waals surface area contributed by atoms with Crippen molar-refractivity contribution in [3.8, 4) is 22.9 Å².